The summed E-state index contributed by atoms with van der Waals surface area (Å²) < 4.78 is 30.8. The smallest absolute Gasteiger partial charge is 0.294 e. The van der Waals surface area contributed by atoms with E-state index in [-0.39, 0.29) is 4.90 Å². The van der Waals surface area contributed by atoms with Crippen LogP contribution in [-0.4, -0.2) is 18.0 Å². The molecule has 0 radical (unpaired) electrons. The summed E-state index contributed by atoms with van der Waals surface area (Å²) in [6.45, 7) is 0. The van der Waals surface area contributed by atoms with Crippen LogP contribution in [0.25, 0.3) is 10.9 Å². The first-order valence-electron chi connectivity index (χ1n) is 6.09. The number of H-pyrrole nitrogens is 1. The van der Waals surface area contributed by atoms with Crippen molar-refractivity contribution >= 4 is 32.4 Å². The van der Waals surface area contributed by atoms with E-state index in [0.717, 1.165) is 10.9 Å². The van der Waals surface area contributed by atoms with Gasteiger partial charge in [-0.25, -0.2) is 0 Å². The van der Waals surface area contributed by atoms with Crippen molar-refractivity contribution in [3.05, 3.63) is 54.7 Å². The van der Waals surface area contributed by atoms with Gasteiger partial charge in [0.15, 0.2) is 0 Å². The van der Waals surface area contributed by atoms with Crippen LogP contribution in [0.2, 0.25) is 0 Å². The normalized spacial score (nSPS) is 12.2. The molecule has 0 fully saturated rings. The van der Waals surface area contributed by atoms with Crippen LogP contribution in [-0.2, 0) is 10.1 Å². The van der Waals surface area contributed by atoms with Gasteiger partial charge in [0.05, 0.1) is 10.6 Å². The molecule has 106 valence electrons. The Bertz CT molecular complexity index is 912. The fraction of sp³-hybridized carbons (Fsp3) is 0. The third kappa shape index (κ3) is 2.83. The van der Waals surface area contributed by atoms with Crippen LogP contribution in [0.3, 0.4) is 0 Å². The molecule has 21 heavy (non-hydrogen) atoms. The van der Waals surface area contributed by atoms with Crippen LogP contribution in [0.15, 0.2) is 69.9 Å². The molecule has 0 amide bonds. The number of fused-ring (bicyclic) bond motifs is 1. The molecule has 6 nitrogen and oxygen atoms in total. The van der Waals surface area contributed by atoms with Crippen LogP contribution in [0.4, 0.5) is 11.4 Å². The maximum Gasteiger partial charge on any atom is 0.294 e. The summed E-state index contributed by atoms with van der Waals surface area (Å²) in [5.41, 5.74) is 2.16. The van der Waals surface area contributed by atoms with Gasteiger partial charge in [0.25, 0.3) is 10.1 Å². The van der Waals surface area contributed by atoms with Crippen molar-refractivity contribution in [1.29, 1.82) is 0 Å². The Balaban J connectivity index is 1.89. The van der Waals surface area contributed by atoms with Crippen molar-refractivity contribution in [2.45, 2.75) is 4.90 Å². The first-order valence-corrected chi connectivity index (χ1v) is 7.53. The third-order valence-electron chi connectivity index (χ3n) is 2.98. The number of nitrogens with zero attached hydrogens (tertiary/aromatic N) is 2. The number of rotatable bonds is 3. The SMILES string of the molecule is O=S(=O)(O)c1ccc(N=Nc2c[nH]c3ccccc23)cc1. The number of hydrogen-bond acceptors (Lipinski definition) is 4. The third-order valence-corrected chi connectivity index (χ3v) is 3.84. The summed E-state index contributed by atoms with van der Waals surface area (Å²) >= 11 is 0. The first-order chi connectivity index (χ1) is 10.0. The average Bonchev–Trinajstić information content (AvgIpc) is 2.88. The molecule has 3 rings (SSSR count). The lowest BCUT2D eigenvalue weighted by atomic mass is 10.2. The Hall–Kier alpha value is -2.51. The number of aromatic amines is 1. The van der Waals surface area contributed by atoms with E-state index in [9.17, 15) is 8.42 Å². The molecule has 0 atom stereocenters. The second-order valence-electron chi connectivity index (χ2n) is 4.39. The molecule has 0 aliphatic carbocycles. The second-order valence-corrected chi connectivity index (χ2v) is 5.81. The number of azo groups is 1. The Kier molecular flexibility index (Phi) is 3.28. The summed E-state index contributed by atoms with van der Waals surface area (Å²) in [7, 11) is -4.18. The fourth-order valence-electron chi connectivity index (χ4n) is 1.94. The van der Waals surface area contributed by atoms with Gasteiger partial charge in [-0.15, -0.1) is 5.11 Å². The van der Waals surface area contributed by atoms with Crippen LogP contribution in [0.5, 0.6) is 0 Å². The van der Waals surface area contributed by atoms with Crippen molar-refractivity contribution in [3.63, 3.8) is 0 Å². The van der Waals surface area contributed by atoms with Gasteiger partial charge >= 0.3 is 0 Å². The molecule has 2 aromatic carbocycles. The van der Waals surface area contributed by atoms with Gasteiger partial charge < -0.3 is 4.98 Å². The highest BCUT2D eigenvalue weighted by atomic mass is 32.2. The molecule has 1 heterocycles. The van der Waals surface area contributed by atoms with Gasteiger partial charge in [-0.05, 0) is 30.3 Å². The average molecular weight is 301 g/mol. The van der Waals surface area contributed by atoms with Crippen molar-refractivity contribution < 1.29 is 13.0 Å². The molecule has 0 spiro atoms. The number of nitrogens with one attached hydrogen (secondary N) is 1. The predicted octanol–water partition coefficient (Wildman–Crippen LogP) is 3.83. The largest absolute Gasteiger partial charge is 0.359 e. The second kappa shape index (κ2) is 5.12. The van der Waals surface area contributed by atoms with Gasteiger partial charge in [-0.2, -0.15) is 13.5 Å². The van der Waals surface area contributed by atoms with E-state index in [1.165, 1.54) is 24.3 Å². The highest BCUT2D eigenvalue weighted by Gasteiger charge is 2.08. The quantitative estimate of drug-likeness (QED) is 0.568. The summed E-state index contributed by atoms with van der Waals surface area (Å²) in [6, 6.07) is 13.2. The van der Waals surface area contributed by atoms with Crippen LogP contribution >= 0.6 is 0 Å². The fourth-order valence-corrected chi connectivity index (χ4v) is 2.42. The van der Waals surface area contributed by atoms with Crippen LogP contribution in [0.1, 0.15) is 0 Å². The van der Waals surface area contributed by atoms with Gasteiger partial charge in [0.1, 0.15) is 5.69 Å². The molecular formula is C14H11N3O3S. The zero-order chi connectivity index (χ0) is 14.9. The number of aromatic nitrogens is 1. The van der Waals surface area contributed by atoms with E-state index in [2.05, 4.69) is 15.2 Å². The Morgan fingerprint density at radius 2 is 1.67 bits per heavy atom. The molecular weight excluding hydrogens is 290 g/mol. The van der Waals surface area contributed by atoms with E-state index in [1.54, 1.807) is 6.20 Å². The molecule has 0 aliphatic heterocycles. The minimum absolute atomic E-state index is 0.173. The van der Waals surface area contributed by atoms with Crippen LogP contribution < -0.4 is 0 Å². The van der Waals surface area contributed by atoms with Crippen molar-refractivity contribution in [3.8, 4) is 0 Å². The Labute approximate surface area is 120 Å². The van der Waals surface area contributed by atoms with E-state index < -0.39 is 10.1 Å². The number of hydrogen-bond donors (Lipinski definition) is 2. The lowest BCUT2D eigenvalue weighted by Gasteiger charge is -1.96. The van der Waals surface area contributed by atoms with Crippen molar-refractivity contribution in [2.75, 3.05) is 0 Å². The minimum atomic E-state index is -4.18. The summed E-state index contributed by atoms with van der Waals surface area (Å²) in [6.07, 6.45) is 1.75. The van der Waals surface area contributed by atoms with Crippen LogP contribution in [0, 0.1) is 0 Å². The molecule has 7 heteroatoms. The van der Waals surface area contributed by atoms with Crippen molar-refractivity contribution in [1.82, 2.24) is 4.98 Å². The zero-order valence-corrected chi connectivity index (χ0v) is 11.6. The van der Waals surface area contributed by atoms with Crippen molar-refractivity contribution in [2.24, 2.45) is 10.2 Å². The maximum atomic E-state index is 10.9. The van der Waals surface area contributed by atoms with Gasteiger partial charge in [0.2, 0.25) is 0 Å². The van der Waals surface area contributed by atoms with Gasteiger partial charge in [-0.3, -0.25) is 4.55 Å². The highest BCUT2D eigenvalue weighted by Crippen LogP contribution is 2.27. The molecule has 0 unspecified atom stereocenters. The summed E-state index contributed by atoms with van der Waals surface area (Å²) in [5, 5.41) is 9.14. The van der Waals surface area contributed by atoms with E-state index in [4.69, 9.17) is 4.55 Å². The monoisotopic (exact) mass is 301 g/mol. The first kappa shape index (κ1) is 13.5. The molecule has 1 aromatic heterocycles. The minimum Gasteiger partial charge on any atom is -0.359 e. The summed E-state index contributed by atoms with van der Waals surface area (Å²) in [4.78, 5) is 2.91. The maximum absolute atomic E-state index is 10.9. The lowest BCUT2D eigenvalue weighted by Crippen LogP contribution is -1.96. The molecule has 0 saturated carbocycles. The topological polar surface area (TPSA) is 94.9 Å². The highest BCUT2D eigenvalue weighted by molar-refractivity contribution is 7.85. The standard InChI is InChI=1S/C14H11N3O3S/c18-21(19,20)11-7-5-10(6-8-11)16-17-14-9-15-13-4-2-1-3-12(13)14/h1-9,15H,(H,18,19,20). The predicted molar refractivity (Wildman–Crippen MR) is 78.7 cm³/mol. The summed E-state index contributed by atoms with van der Waals surface area (Å²) in [5.74, 6) is 0. The van der Waals surface area contributed by atoms with E-state index >= 15 is 0 Å². The van der Waals surface area contributed by atoms with E-state index in [1.807, 2.05) is 24.3 Å². The molecule has 0 aliphatic rings. The number of para-hydroxylation sites is 1. The zero-order valence-electron chi connectivity index (χ0n) is 10.8. The molecule has 0 bridgehead atoms. The molecule has 2 N–H and O–H groups in total. The lowest BCUT2D eigenvalue weighted by molar-refractivity contribution is 0.483. The Morgan fingerprint density at radius 1 is 0.952 bits per heavy atom. The van der Waals surface area contributed by atoms with Gasteiger partial charge in [-0.1, -0.05) is 18.2 Å². The molecule has 3 aromatic rings. The van der Waals surface area contributed by atoms with E-state index in [0.29, 0.717) is 11.4 Å². The van der Waals surface area contributed by atoms with Gasteiger partial charge in [0, 0.05) is 17.1 Å². The number of benzene rings is 2. The molecule has 0 saturated heterocycles. The Morgan fingerprint density at radius 3 is 2.38 bits per heavy atom.